The van der Waals surface area contributed by atoms with Crippen molar-refractivity contribution in [1.29, 1.82) is 0 Å². The number of aromatic nitrogens is 4. The Balaban J connectivity index is 2.31. The van der Waals surface area contributed by atoms with Crippen molar-refractivity contribution in [2.24, 2.45) is 0 Å². The fraction of sp³-hybridized carbons (Fsp3) is 0. The number of fused-ring (bicyclic) bond motifs is 1. The molecule has 3 aromatic rings. The topological polar surface area (TPSA) is 43.1 Å². The summed E-state index contributed by atoms with van der Waals surface area (Å²) in [6.45, 7) is 0. The maximum atomic E-state index is 4.27. The predicted octanol–water partition coefficient (Wildman–Crippen LogP) is 1.79. The molecule has 0 fully saturated rings. The summed E-state index contributed by atoms with van der Waals surface area (Å²) in [4.78, 5) is 8.36. The highest BCUT2D eigenvalue weighted by Gasteiger charge is 2.04. The third kappa shape index (κ3) is 1.27. The molecule has 0 bridgehead atoms. The lowest BCUT2D eigenvalue weighted by Gasteiger charge is -2.01. The minimum atomic E-state index is 0.852. The van der Waals surface area contributed by atoms with Gasteiger partial charge in [-0.2, -0.15) is 5.10 Å². The first-order valence-electron chi connectivity index (χ1n) is 4.64. The van der Waals surface area contributed by atoms with Crippen molar-refractivity contribution >= 4 is 5.65 Å². The van der Waals surface area contributed by atoms with E-state index in [4.69, 9.17) is 0 Å². The maximum Gasteiger partial charge on any atom is 0.161 e. The van der Waals surface area contributed by atoms with Crippen LogP contribution in [0.1, 0.15) is 0 Å². The standard InChI is InChI=1S/C11H8N4/c1-2-9(8-12-4-1)10-3-5-14-15-7-6-13-11(10)15/h1-8H. The van der Waals surface area contributed by atoms with Gasteiger partial charge in [0, 0.05) is 42.1 Å². The second-order valence-corrected chi connectivity index (χ2v) is 3.18. The summed E-state index contributed by atoms with van der Waals surface area (Å²) in [5.41, 5.74) is 2.95. The van der Waals surface area contributed by atoms with Crippen molar-refractivity contribution < 1.29 is 0 Å². The smallest absolute Gasteiger partial charge is 0.161 e. The van der Waals surface area contributed by atoms with Gasteiger partial charge in [0.15, 0.2) is 5.65 Å². The van der Waals surface area contributed by atoms with Gasteiger partial charge in [-0.05, 0) is 12.1 Å². The van der Waals surface area contributed by atoms with Crippen LogP contribution in [0.15, 0.2) is 49.2 Å². The molecule has 3 rings (SSSR count). The molecular formula is C11H8N4. The Hall–Kier alpha value is -2.23. The van der Waals surface area contributed by atoms with Crippen LogP contribution in [0.5, 0.6) is 0 Å². The molecule has 15 heavy (non-hydrogen) atoms. The van der Waals surface area contributed by atoms with Crippen molar-refractivity contribution in [1.82, 2.24) is 19.6 Å². The fourth-order valence-electron chi connectivity index (χ4n) is 1.58. The lowest BCUT2D eigenvalue weighted by molar-refractivity contribution is 0.937. The molecule has 0 spiro atoms. The van der Waals surface area contributed by atoms with E-state index in [0.29, 0.717) is 0 Å². The number of rotatable bonds is 1. The van der Waals surface area contributed by atoms with E-state index >= 15 is 0 Å². The van der Waals surface area contributed by atoms with Gasteiger partial charge in [0.2, 0.25) is 0 Å². The number of nitrogens with zero attached hydrogens (tertiary/aromatic N) is 4. The zero-order chi connectivity index (χ0) is 10.1. The average Bonchev–Trinajstić information content (AvgIpc) is 2.78. The van der Waals surface area contributed by atoms with Gasteiger partial charge < -0.3 is 0 Å². The summed E-state index contributed by atoms with van der Waals surface area (Å²) in [5.74, 6) is 0. The van der Waals surface area contributed by atoms with Crippen LogP contribution in [0.4, 0.5) is 0 Å². The molecule has 0 aliphatic heterocycles. The molecule has 3 heterocycles. The van der Waals surface area contributed by atoms with Gasteiger partial charge in [0.25, 0.3) is 0 Å². The molecule has 0 saturated heterocycles. The van der Waals surface area contributed by atoms with Crippen molar-refractivity contribution in [3.05, 3.63) is 49.2 Å². The molecule has 4 heteroatoms. The Kier molecular flexibility index (Phi) is 1.71. The zero-order valence-corrected chi connectivity index (χ0v) is 7.91. The molecule has 0 aliphatic carbocycles. The third-order valence-corrected chi connectivity index (χ3v) is 2.27. The van der Waals surface area contributed by atoms with Crippen LogP contribution in [0.25, 0.3) is 16.8 Å². The van der Waals surface area contributed by atoms with E-state index in [1.54, 1.807) is 23.1 Å². The minimum Gasteiger partial charge on any atom is -0.264 e. The highest BCUT2D eigenvalue weighted by Crippen LogP contribution is 2.20. The molecule has 0 amide bonds. The SMILES string of the molecule is c1cncc(-c2ccnn3ccnc23)c1. The quantitative estimate of drug-likeness (QED) is 0.596. The Morgan fingerprint density at radius 3 is 2.93 bits per heavy atom. The Labute approximate surface area is 86.2 Å². The molecular weight excluding hydrogens is 188 g/mol. The van der Waals surface area contributed by atoms with Crippen LogP contribution in [0.3, 0.4) is 0 Å². The van der Waals surface area contributed by atoms with Crippen LogP contribution >= 0.6 is 0 Å². The summed E-state index contributed by atoms with van der Waals surface area (Å²) in [6.07, 6.45) is 8.91. The van der Waals surface area contributed by atoms with Crippen LogP contribution in [0, 0.1) is 0 Å². The lowest BCUT2D eigenvalue weighted by atomic mass is 10.1. The molecule has 72 valence electrons. The van der Waals surface area contributed by atoms with E-state index in [0.717, 1.165) is 16.8 Å². The highest BCUT2D eigenvalue weighted by molar-refractivity contribution is 5.76. The van der Waals surface area contributed by atoms with E-state index in [9.17, 15) is 0 Å². The molecule has 0 radical (unpaired) electrons. The normalized spacial score (nSPS) is 10.7. The zero-order valence-electron chi connectivity index (χ0n) is 7.91. The van der Waals surface area contributed by atoms with Crippen LogP contribution in [0.2, 0.25) is 0 Å². The van der Waals surface area contributed by atoms with Crippen LogP contribution < -0.4 is 0 Å². The Morgan fingerprint density at radius 1 is 1.07 bits per heavy atom. The van der Waals surface area contributed by atoms with E-state index in [1.165, 1.54) is 0 Å². The van der Waals surface area contributed by atoms with Gasteiger partial charge in [-0.25, -0.2) is 9.50 Å². The molecule has 4 nitrogen and oxygen atoms in total. The highest BCUT2D eigenvalue weighted by atomic mass is 15.2. The van der Waals surface area contributed by atoms with Crippen molar-refractivity contribution in [3.8, 4) is 11.1 Å². The molecule has 0 aliphatic rings. The van der Waals surface area contributed by atoms with Gasteiger partial charge in [-0.1, -0.05) is 6.07 Å². The average molecular weight is 196 g/mol. The molecule has 0 atom stereocenters. The van der Waals surface area contributed by atoms with Crippen molar-refractivity contribution in [3.63, 3.8) is 0 Å². The van der Waals surface area contributed by atoms with E-state index in [2.05, 4.69) is 15.1 Å². The molecule has 0 saturated carbocycles. The molecule has 0 N–H and O–H groups in total. The minimum absolute atomic E-state index is 0.852. The molecule has 0 unspecified atom stereocenters. The first-order chi connectivity index (χ1) is 7.45. The summed E-state index contributed by atoms with van der Waals surface area (Å²) >= 11 is 0. The van der Waals surface area contributed by atoms with Crippen LogP contribution in [-0.2, 0) is 0 Å². The second-order valence-electron chi connectivity index (χ2n) is 3.18. The maximum absolute atomic E-state index is 4.27. The monoisotopic (exact) mass is 196 g/mol. The van der Waals surface area contributed by atoms with Gasteiger partial charge in [-0.3, -0.25) is 4.98 Å². The van der Waals surface area contributed by atoms with Crippen molar-refractivity contribution in [2.45, 2.75) is 0 Å². The fourth-order valence-corrected chi connectivity index (χ4v) is 1.58. The van der Waals surface area contributed by atoms with Gasteiger partial charge in [0.1, 0.15) is 0 Å². The van der Waals surface area contributed by atoms with E-state index < -0.39 is 0 Å². The van der Waals surface area contributed by atoms with Gasteiger partial charge in [0.05, 0.1) is 0 Å². The molecule has 0 aromatic carbocycles. The van der Waals surface area contributed by atoms with Gasteiger partial charge >= 0.3 is 0 Å². The number of pyridine rings is 1. The lowest BCUT2D eigenvalue weighted by Crippen LogP contribution is -1.91. The number of hydrogen-bond acceptors (Lipinski definition) is 3. The van der Waals surface area contributed by atoms with Crippen molar-refractivity contribution in [2.75, 3.05) is 0 Å². The third-order valence-electron chi connectivity index (χ3n) is 2.27. The largest absolute Gasteiger partial charge is 0.264 e. The second kappa shape index (κ2) is 3.16. The number of hydrogen-bond donors (Lipinski definition) is 0. The summed E-state index contributed by atoms with van der Waals surface area (Å²) in [5, 5.41) is 4.16. The molecule has 3 aromatic heterocycles. The summed E-state index contributed by atoms with van der Waals surface area (Å²) in [7, 11) is 0. The first kappa shape index (κ1) is 8.11. The Bertz CT molecular complexity index is 586. The number of imidazole rings is 1. The van der Waals surface area contributed by atoms with Crippen LogP contribution in [-0.4, -0.2) is 19.6 Å². The first-order valence-corrected chi connectivity index (χ1v) is 4.64. The summed E-state index contributed by atoms with van der Waals surface area (Å²) in [6, 6.07) is 5.87. The van der Waals surface area contributed by atoms with E-state index in [-0.39, 0.29) is 0 Å². The van der Waals surface area contributed by atoms with E-state index in [1.807, 2.05) is 30.6 Å². The Morgan fingerprint density at radius 2 is 2.07 bits per heavy atom. The summed E-state index contributed by atoms with van der Waals surface area (Å²) < 4.78 is 1.75. The predicted molar refractivity (Wildman–Crippen MR) is 56.2 cm³/mol. The van der Waals surface area contributed by atoms with Gasteiger partial charge in [-0.15, -0.1) is 0 Å².